The first-order chi connectivity index (χ1) is 60.7. The lowest BCUT2D eigenvalue weighted by Crippen LogP contribution is -2.69. The molecule has 27 heteroatoms. The minimum atomic E-state index is -0.715. The average molecular weight is 1790 g/mol. The summed E-state index contributed by atoms with van der Waals surface area (Å²) in [6.07, 6.45) is 26.8. The maximum absolute atomic E-state index is 14.3. The number of amidine groups is 4. The van der Waals surface area contributed by atoms with Crippen molar-refractivity contribution < 1.29 is 20.9 Å². The Morgan fingerprint density at radius 3 is 2.02 bits per heavy atom. The fourth-order valence-electron chi connectivity index (χ4n) is 21.3. The minimum absolute atomic E-state index is 0. The average Bonchev–Trinajstić information content (AvgIpc) is 0.732. The van der Waals surface area contributed by atoms with Crippen LogP contribution in [-0.4, -0.2) is 127 Å². The van der Waals surface area contributed by atoms with Gasteiger partial charge in [-0.1, -0.05) is 109 Å². The third-order valence-electron chi connectivity index (χ3n) is 29.2. The van der Waals surface area contributed by atoms with Crippen molar-refractivity contribution in [2.75, 3.05) is 29.0 Å². The fourth-order valence-corrected chi connectivity index (χ4v) is 21.3. The van der Waals surface area contributed by atoms with Crippen LogP contribution in [0.4, 0.5) is 23.3 Å². The van der Waals surface area contributed by atoms with E-state index in [4.69, 9.17) is 61.5 Å². The first-order valence-corrected chi connectivity index (χ1v) is 47.1. The number of anilines is 4. The van der Waals surface area contributed by atoms with E-state index in [1.54, 1.807) is 19.9 Å². The number of piperidine rings is 3. The molecule has 27 nitrogen and oxygen atoms in total. The van der Waals surface area contributed by atoms with Crippen LogP contribution in [0.2, 0.25) is 0 Å². The number of fused-ring (bicyclic) bond motifs is 12. The van der Waals surface area contributed by atoms with E-state index >= 15 is 0 Å². The number of H-pyrrole nitrogens is 1. The molecule has 131 heavy (non-hydrogen) atoms. The number of pyridine rings is 4. The SMILES string of the molecule is C.C.C.C/C=C(C#N)/C=C(C#N)/C=C(\C#N)CC.C/C=C1/C=c2cc3cc(CC)c(C)nc3nc2=N[C@H]1C.CCC(C#N)CC(C#N)CC(C)C#N.CCC1CC(CC(C)CC2CN=C3NC4NC5=NC6Nc7nc8c(cc7CC6CC5CC4C(=O)C3C2O)Cc2c([nH]c3c(c2=O)CC(CC)[C@@H](C)N3)N8)CN[C@H]1C.CCC1CC2CC3CC(CC)[C@H](C)N=C3N=C2N=C1C.O.O. The first-order valence-electron chi connectivity index (χ1n) is 47.1. The number of nitriles is 6. The summed E-state index contributed by atoms with van der Waals surface area (Å²) >= 11 is 0. The van der Waals surface area contributed by atoms with Gasteiger partial charge in [-0.25, -0.2) is 29.9 Å². The number of nitrogens with one attached hydrogen (secondary N) is 7. The molecule has 0 spiro atoms. The van der Waals surface area contributed by atoms with Gasteiger partial charge in [0.1, 0.15) is 64.9 Å². The van der Waals surface area contributed by atoms with Gasteiger partial charge in [-0.3, -0.25) is 24.6 Å². The van der Waals surface area contributed by atoms with E-state index in [1.807, 2.05) is 39.0 Å². The molecule has 0 radical (unpaired) electrons. The Bertz CT molecular complexity index is 5480. The summed E-state index contributed by atoms with van der Waals surface area (Å²) < 4.78 is 0. The zero-order valence-corrected chi connectivity index (χ0v) is 78.4. The minimum Gasteiger partial charge on any atom is -0.412 e. The predicted octanol–water partition coefficient (Wildman–Crippen LogP) is 16.7. The summed E-state index contributed by atoms with van der Waals surface area (Å²) in [5, 5.41) is 87.9. The number of aromatic nitrogens is 4. The molecule has 4 aromatic rings. The zero-order valence-electron chi connectivity index (χ0n) is 78.4. The number of hydrogen-bond acceptors (Lipinski definition) is 24. The second-order valence-corrected chi connectivity index (χ2v) is 37.6. The Balaban J connectivity index is 0.000000260. The normalized spacial score (nSPS) is 28.7. The van der Waals surface area contributed by atoms with Gasteiger partial charge >= 0.3 is 0 Å². The Labute approximate surface area is 779 Å². The monoisotopic (exact) mass is 1790 g/mol. The first kappa shape index (κ1) is 107. The third kappa shape index (κ3) is 24.7. The predicted molar refractivity (Wildman–Crippen MR) is 529 cm³/mol. The van der Waals surface area contributed by atoms with Crippen molar-refractivity contribution in [1.29, 1.82) is 31.6 Å². The van der Waals surface area contributed by atoms with Gasteiger partial charge in [0.2, 0.25) is 0 Å². The molecule has 12 aliphatic rings. The molecule has 16 heterocycles. The second kappa shape index (κ2) is 48.5. The van der Waals surface area contributed by atoms with Gasteiger partial charge in [0.05, 0.1) is 66.1 Å². The number of hydrogen-bond donors (Lipinski definition) is 8. The number of rotatable bonds is 17. The lowest BCUT2D eigenvalue weighted by molar-refractivity contribution is -0.132. The molecular weight excluding hydrogens is 1640 g/mol. The van der Waals surface area contributed by atoms with Gasteiger partial charge in [-0.15, -0.1) is 0 Å². The molecule has 0 amide bonds. The highest BCUT2D eigenvalue weighted by Crippen LogP contribution is 2.46. The van der Waals surface area contributed by atoms with Crippen LogP contribution >= 0.6 is 0 Å². The molecular formula is C104H150N22O5. The van der Waals surface area contributed by atoms with Gasteiger partial charge in [0.25, 0.3) is 0 Å². The molecule has 12 aliphatic heterocycles. The Morgan fingerprint density at radius 2 is 1.37 bits per heavy atom. The van der Waals surface area contributed by atoms with Crippen molar-refractivity contribution in [2.24, 2.45) is 125 Å². The van der Waals surface area contributed by atoms with E-state index in [-0.39, 0.29) is 104 Å². The van der Waals surface area contributed by atoms with Crippen LogP contribution in [0, 0.1) is 170 Å². The highest BCUT2D eigenvalue weighted by atomic mass is 16.3. The van der Waals surface area contributed by atoms with Crippen LogP contribution in [0.5, 0.6) is 0 Å². The molecule has 0 bridgehead atoms. The number of aliphatic hydroxyl groups is 1. The van der Waals surface area contributed by atoms with Gasteiger partial charge in [0.15, 0.2) is 22.3 Å². The molecule has 0 aliphatic carbocycles. The molecule has 19 unspecified atom stereocenters. The summed E-state index contributed by atoms with van der Waals surface area (Å²) in [6, 6.07) is 20.4. The number of allylic oxidation sites excluding steroid dienone is 7. The highest BCUT2D eigenvalue weighted by Gasteiger charge is 2.53. The molecule has 12 N–H and O–H groups in total. The summed E-state index contributed by atoms with van der Waals surface area (Å²) in [4.78, 5) is 75.3. The number of carbonyl (C=O) groups is 1. The van der Waals surface area contributed by atoms with Crippen LogP contribution in [0.15, 0.2) is 99.5 Å². The van der Waals surface area contributed by atoms with Crippen LogP contribution in [0.1, 0.15) is 269 Å². The van der Waals surface area contributed by atoms with Crippen LogP contribution in [0.3, 0.4) is 0 Å². The lowest BCUT2D eigenvalue weighted by atomic mass is 9.69. The standard InChI is InChI=1S/C44H62N10O3.C17H27N3.C17H19N3.C12H11N3.C11H15N3.3CH4.2H2O/c1-6-23-10-22(17-45-20(23)4)8-19(3)9-29-18-46-44-33(34(29)55)36(57)32-16-28-13-26-11-25-12-27-15-31-35(56)30-14-24(7-2)21(5)47-41(30)53-42(31)51-39(27)49-37(25)48-38(26)50-40(28)52-43(32)54-44;2*1-5-12-7-14-9-15-8-13(6-2)11(4)19-17(15)20-16(14)18-10(12)3;1-3-10(7-13)5-12(9-15)6-11(4-2)8-14;1-3-10(7-13)5-11(8-14)4-9(2)6-12;;;;;/h12,19-24,26,28-29,32-34,38,43,45,55H,6-11,13-18H2,1-5H3,(H,46,54)(H,50,52)(H4,47,48,49,51,53,56);10,12-15H,5-9H2,1-4H3;5,7-10H,6H2,1-4H3;3,5-6H,4H2,1-2H3;9-11H,3-5H2,1-2H3;3*1H4;2*1H2/b;;12-5-;10-3-,11-6-,12-5-;;;;;;/t19?,20-,21+,22?,23?,24?,26?,28?,29?,32?,33?,34?,38?,43?;10-,12?,13?,14?,15?;10-;;;;;;;/m000......./s1. The maximum atomic E-state index is 14.3. The molecule has 16 rings (SSSR count). The number of carbonyl (C=O) groups excluding carboxylic acids is 1. The number of aliphatic imine (C=N–C) groups is 5. The number of nitrogens with zero attached hydrogens (tertiary/aromatic N) is 15. The maximum Gasteiger partial charge on any atom is 0.192 e. The second-order valence-electron chi connectivity index (χ2n) is 37.6. The third-order valence-corrected chi connectivity index (χ3v) is 29.2. The Morgan fingerprint density at radius 1 is 0.649 bits per heavy atom. The van der Waals surface area contributed by atoms with Gasteiger partial charge in [0, 0.05) is 117 Å². The lowest BCUT2D eigenvalue weighted by Gasteiger charge is -2.49. The Kier molecular flexibility index (Phi) is 39.6. The van der Waals surface area contributed by atoms with E-state index in [0.717, 1.165) is 160 Å². The van der Waals surface area contributed by atoms with E-state index < -0.39 is 12.0 Å². The van der Waals surface area contributed by atoms with Crippen LogP contribution in [0.25, 0.3) is 17.1 Å². The van der Waals surface area contributed by atoms with Crippen molar-refractivity contribution >= 4 is 75.2 Å². The van der Waals surface area contributed by atoms with Gasteiger partial charge in [-0.2, -0.15) is 31.6 Å². The molecule has 0 aromatic carbocycles. The van der Waals surface area contributed by atoms with E-state index in [1.165, 1.54) is 73.9 Å². The van der Waals surface area contributed by atoms with Crippen molar-refractivity contribution in [3.8, 4) is 36.4 Å². The number of Topliss-reactive ketones (excluding diaryl/α,β-unsaturated/α-hetero) is 1. The number of aryl methyl sites for hydroxylation is 2. The van der Waals surface area contributed by atoms with Gasteiger partial charge < -0.3 is 52.9 Å². The quantitative estimate of drug-likeness (QED) is 0.0317. The van der Waals surface area contributed by atoms with Crippen molar-refractivity contribution in [2.45, 2.75) is 311 Å². The smallest absolute Gasteiger partial charge is 0.192 e. The molecule has 3 saturated heterocycles. The summed E-state index contributed by atoms with van der Waals surface area (Å²) in [5.74, 6) is 11.2. The van der Waals surface area contributed by atoms with Gasteiger partial charge in [-0.05, 0) is 266 Å². The van der Waals surface area contributed by atoms with E-state index in [2.05, 4.69) is 183 Å². The number of ketones is 1. The molecule has 3 fully saturated rings. The number of aromatic amines is 1. The molecule has 23 atom stereocenters. The topological polar surface area (TPSA) is 461 Å². The van der Waals surface area contributed by atoms with E-state index in [9.17, 15) is 14.7 Å². The molecule has 706 valence electrons. The van der Waals surface area contributed by atoms with Crippen LogP contribution < -0.4 is 48.0 Å². The summed E-state index contributed by atoms with van der Waals surface area (Å²) in [6.45, 7) is 37.5. The van der Waals surface area contributed by atoms with Crippen molar-refractivity contribution in [1.82, 2.24) is 35.9 Å². The zero-order chi connectivity index (χ0) is 90.5. The van der Waals surface area contributed by atoms with Crippen molar-refractivity contribution in [3.05, 3.63) is 119 Å². The van der Waals surface area contributed by atoms with Crippen molar-refractivity contribution in [3.63, 3.8) is 0 Å². The largest absolute Gasteiger partial charge is 0.412 e. The summed E-state index contributed by atoms with van der Waals surface area (Å²) in [7, 11) is 0. The molecule has 4 aromatic heterocycles. The van der Waals surface area contributed by atoms with E-state index in [0.29, 0.717) is 115 Å². The fraction of sp³-hybridized carbons (Fsp3) is 0.625. The number of aliphatic hydroxyl groups excluding tert-OH is 1. The van der Waals surface area contributed by atoms with Crippen LogP contribution in [-0.2, 0) is 30.5 Å². The Hall–Kier alpha value is -10.9. The molecule has 0 saturated carbocycles. The summed E-state index contributed by atoms with van der Waals surface area (Å²) in [5.41, 5.74) is 11.7. The highest BCUT2D eigenvalue weighted by molar-refractivity contribution is 6.10.